The summed E-state index contributed by atoms with van der Waals surface area (Å²) < 4.78 is 19.0. The highest BCUT2D eigenvalue weighted by Crippen LogP contribution is 2.16. The van der Waals surface area contributed by atoms with Gasteiger partial charge < -0.3 is 14.3 Å². The molecular formula is C11H15N3O2S2. The lowest BCUT2D eigenvalue weighted by atomic mass is 10.4. The largest absolute Gasteiger partial charge is 0.481 e. The lowest BCUT2D eigenvalue weighted by Crippen LogP contribution is -2.09. The van der Waals surface area contributed by atoms with Gasteiger partial charge in [0.25, 0.3) is 0 Å². The molecule has 1 N–H and O–H groups in total. The number of methoxy groups -OCH3 is 1. The highest BCUT2D eigenvalue weighted by atomic mass is 32.2. The predicted octanol–water partition coefficient (Wildman–Crippen LogP) is 1.87. The summed E-state index contributed by atoms with van der Waals surface area (Å²) in [4.78, 5) is 7.44. The molecule has 2 heterocycles. The van der Waals surface area contributed by atoms with Crippen LogP contribution in [0.15, 0.2) is 12.1 Å². The van der Waals surface area contributed by atoms with Crippen LogP contribution in [0.4, 0.5) is 0 Å². The van der Waals surface area contributed by atoms with E-state index in [0.717, 1.165) is 11.2 Å². The van der Waals surface area contributed by atoms with E-state index in [2.05, 4.69) is 9.97 Å². The van der Waals surface area contributed by atoms with Crippen LogP contribution in [0.1, 0.15) is 6.92 Å². The molecule has 0 spiro atoms. The Kier molecular flexibility index (Phi) is 4.13. The Morgan fingerprint density at radius 3 is 3.00 bits per heavy atom. The van der Waals surface area contributed by atoms with Crippen molar-refractivity contribution in [2.75, 3.05) is 18.6 Å². The number of ether oxygens (including phenoxy) is 1. The number of aryl methyl sites for hydroxylation is 1. The van der Waals surface area contributed by atoms with Crippen molar-refractivity contribution in [1.29, 1.82) is 0 Å². The van der Waals surface area contributed by atoms with Crippen LogP contribution in [0, 0.1) is 4.77 Å². The van der Waals surface area contributed by atoms with Gasteiger partial charge in [-0.25, -0.2) is 0 Å². The van der Waals surface area contributed by atoms with Gasteiger partial charge in [-0.3, -0.25) is 4.21 Å². The Labute approximate surface area is 113 Å². The summed E-state index contributed by atoms with van der Waals surface area (Å²) in [7, 11) is 0.765. The van der Waals surface area contributed by atoms with E-state index in [-0.39, 0.29) is 0 Å². The van der Waals surface area contributed by atoms with Gasteiger partial charge in [0, 0.05) is 34.9 Å². The minimum absolute atomic E-state index is 0.543. The molecular weight excluding hydrogens is 270 g/mol. The van der Waals surface area contributed by atoms with Gasteiger partial charge in [0.05, 0.1) is 12.6 Å². The lowest BCUT2D eigenvalue weighted by molar-refractivity contribution is 0.399. The second-order valence-electron chi connectivity index (χ2n) is 3.74. The molecule has 0 saturated carbocycles. The van der Waals surface area contributed by atoms with Gasteiger partial charge in [-0.1, -0.05) is 6.92 Å². The summed E-state index contributed by atoms with van der Waals surface area (Å²) in [6, 6.07) is 3.66. The van der Waals surface area contributed by atoms with E-state index in [1.807, 2.05) is 17.6 Å². The third kappa shape index (κ3) is 2.62. The van der Waals surface area contributed by atoms with E-state index >= 15 is 0 Å². The molecule has 0 fully saturated rings. The number of hydrogen-bond donors (Lipinski definition) is 1. The van der Waals surface area contributed by atoms with Crippen molar-refractivity contribution in [2.24, 2.45) is 0 Å². The number of aromatic nitrogens is 3. The van der Waals surface area contributed by atoms with Gasteiger partial charge in [0.1, 0.15) is 0 Å². The fourth-order valence-corrected chi connectivity index (χ4v) is 2.63. The number of pyridine rings is 1. The van der Waals surface area contributed by atoms with Crippen molar-refractivity contribution in [2.45, 2.75) is 13.5 Å². The smallest absolute Gasteiger partial charge is 0.215 e. The van der Waals surface area contributed by atoms with Crippen molar-refractivity contribution in [3.63, 3.8) is 0 Å². The van der Waals surface area contributed by atoms with Crippen molar-refractivity contribution >= 4 is 34.2 Å². The standard InChI is InChI=1S/C11H15N3O2S2/c1-3-18(15)7-6-14-10-8(12-11(14)17)4-5-9(13-10)16-2/h4-5H,3,6-7H2,1-2H3,(H,12,17). The fraction of sp³-hybridized carbons (Fsp3) is 0.455. The summed E-state index contributed by atoms with van der Waals surface area (Å²) in [5, 5.41) is 0. The summed E-state index contributed by atoms with van der Waals surface area (Å²) in [5.41, 5.74) is 1.61. The number of rotatable bonds is 5. The molecule has 0 saturated heterocycles. The Balaban J connectivity index is 2.39. The number of imidazole rings is 1. The summed E-state index contributed by atoms with van der Waals surface area (Å²) in [6.45, 7) is 2.51. The molecule has 0 aliphatic heterocycles. The number of H-pyrrole nitrogens is 1. The number of nitrogens with one attached hydrogen (secondary N) is 1. The van der Waals surface area contributed by atoms with Crippen molar-refractivity contribution in [3.05, 3.63) is 16.9 Å². The van der Waals surface area contributed by atoms with Crippen molar-refractivity contribution in [3.8, 4) is 5.88 Å². The topological polar surface area (TPSA) is 59.9 Å². The molecule has 2 aromatic rings. The van der Waals surface area contributed by atoms with Crippen LogP contribution in [-0.2, 0) is 17.3 Å². The van der Waals surface area contributed by atoms with Crippen LogP contribution < -0.4 is 4.74 Å². The summed E-state index contributed by atoms with van der Waals surface area (Å²) in [6.07, 6.45) is 0. The molecule has 0 aliphatic rings. The van der Waals surface area contributed by atoms with E-state index in [4.69, 9.17) is 17.0 Å². The molecule has 18 heavy (non-hydrogen) atoms. The van der Waals surface area contributed by atoms with E-state index in [9.17, 15) is 4.21 Å². The average Bonchev–Trinajstić information content (AvgIpc) is 2.70. The SMILES string of the molecule is CCS(=O)CCn1c(=S)[nH]c2ccc(OC)nc21. The number of hydrogen-bond acceptors (Lipinski definition) is 4. The zero-order valence-electron chi connectivity index (χ0n) is 10.3. The Bertz CT molecular complexity index is 633. The number of fused-ring (bicyclic) bond motifs is 1. The molecule has 0 radical (unpaired) electrons. The molecule has 5 nitrogen and oxygen atoms in total. The highest BCUT2D eigenvalue weighted by Gasteiger charge is 2.08. The Morgan fingerprint density at radius 2 is 2.33 bits per heavy atom. The zero-order chi connectivity index (χ0) is 13.1. The second-order valence-corrected chi connectivity index (χ2v) is 5.99. The third-order valence-electron chi connectivity index (χ3n) is 2.67. The van der Waals surface area contributed by atoms with E-state index in [1.165, 1.54) is 0 Å². The Hall–Kier alpha value is -1.21. The molecule has 2 aromatic heterocycles. The van der Waals surface area contributed by atoms with Crippen LogP contribution >= 0.6 is 12.2 Å². The van der Waals surface area contributed by atoms with Crippen LogP contribution in [0.3, 0.4) is 0 Å². The maximum atomic E-state index is 11.5. The average molecular weight is 285 g/mol. The van der Waals surface area contributed by atoms with Crippen LogP contribution in [0.2, 0.25) is 0 Å². The first-order valence-corrected chi connectivity index (χ1v) is 7.54. The quantitative estimate of drug-likeness (QED) is 0.852. The van der Waals surface area contributed by atoms with E-state index in [0.29, 0.717) is 28.7 Å². The second kappa shape index (κ2) is 5.62. The fourth-order valence-electron chi connectivity index (χ4n) is 1.67. The molecule has 1 atom stereocenters. The number of nitrogens with zero attached hydrogens (tertiary/aromatic N) is 2. The minimum atomic E-state index is -0.810. The third-order valence-corrected chi connectivity index (χ3v) is 4.27. The van der Waals surface area contributed by atoms with Crippen molar-refractivity contribution < 1.29 is 8.95 Å². The monoisotopic (exact) mass is 285 g/mol. The first-order valence-electron chi connectivity index (χ1n) is 5.64. The first kappa shape index (κ1) is 13.2. The number of aromatic amines is 1. The van der Waals surface area contributed by atoms with Gasteiger partial charge in [-0.15, -0.1) is 0 Å². The van der Waals surface area contributed by atoms with Gasteiger partial charge >= 0.3 is 0 Å². The minimum Gasteiger partial charge on any atom is -0.481 e. The van der Waals surface area contributed by atoms with Gasteiger partial charge in [-0.05, 0) is 18.3 Å². The Morgan fingerprint density at radius 1 is 1.56 bits per heavy atom. The van der Waals surface area contributed by atoms with Gasteiger partial charge in [0.15, 0.2) is 10.4 Å². The van der Waals surface area contributed by atoms with E-state index < -0.39 is 10.8 Å². The molecule has 0 bridgehead atoms. The molecule has 7 heteroatoms. The maximum absolute atomic E-state index is 11.5. The lowest BCUT2D eigenvalue weighted by Gasteiger charge is -2.04. The molecule has 1 unspecified atom stereocenters. The molecule has 98 valence electrons. The first-order chi connectivity index (χ1) is 8.65. The predicted molar refractivity (Wildman–Crippen MR) is 75.0 cm³/mol. The summed E-state index contributed by atoms with van der Waals surface area (Å²) in [5.74, 6) is 1.78. The zero-order valence-corrected chi connectivity index (χ0v) is 11.9. The van der Waals surface area contributed by atoms with Crippen LogP contribution in [0.25, 0.3) is 11.2 Å². The molecule has 0 aromatic carbocycles. The van der Waals surface area contributed by atoms with Gasteiger partial charge in [0.2, 0.25) is 5.88 Å². The molecule has 2 rings (SSSR count). The molecule has 0 aliphatic carbocycles. The van der Waals surface area contributed by atoms with Crippen LogP contribution in [-0.4, -0.2) is 37.4 Å². The molecule has 0 amide bonds. The highest BCUT2D eigenvalue weighted by molar-refractivity contribution is 7.84. The normalized spacial score (nSPS) is 12.8. The maximum Gasteiger partial charge on any atom is 0.215 e. The van der Waals surface area contributed by atoms with Gasteiger partial charge in [-0.2, -0.15) is 4.98 Å². The van der Waals surface area contributed by atoms with E-state index in [1.54, 1.807) is 13.2 Å². The van der Waals surface area contributed by atoms with Crippen molar-refractivity contribution in [1.82, 2.24) is 14.5 Å². The summed E-state index contributed by atoms with van der Waals surface area (Å²) >= 11 is 5.25. The van der Waals surface area contributed by atoms with Crippen LogP contribution in [0.5, 0.6) is 5.88 Å².